The summed E-state index contributed by atoms with van der Waals surface area (Å²) in [5.41, 5.74) is 3.44. The lowest BCUT2D eigenvalue weighted by Gasteiger charge is -2.30. The van der Waals surface area contributed by atoms with Crippen molar-refractivity contribution in [2.75, 3.05) is 0 Å². The van der Waals surface area contributed by atoms with E-state index in [0.29, 0.717) is 5.02 Å². The molecule has 0 aliphatic heterocycles. The van der Waals surface area contributed by atoms with Crippen LogP contribution in [0.3, 0.4) is 0 Å². The number of hydrogen-bond acceptors (Lipinski definition) is 3. The first-order chi connectivity index (χ1) is 18.4. The molecule has 0 aliphatic carbocycles. The normalized spacial score (nSPS) is 11.8. The van der Waals surface area contributed by atoms with Gasteiger partial charge in [-0.1, -0.05) is 96.0 Å². The molecule has 0 saturated carbocycles. The Morgan fingerprint density at radius 1 is 0.816 bits per heavy atom. The van der Waals surface area contributed by atoms with Crippen LogP contribution in [0.15, 0.2) is 108 Å². The minimum absolute atomic E-state index is 0.0714. The summed E-state index contributed by atoms with van der Waals surface area (Å²) in [4.78, 5) is 27.5. The molecule has 5 aromatic rings. The summed E-state index contributed by atoms with van der Waals surface area (Å²) in [6.45, 7) is 0.0714. The van der Waals surface area contributed by atoms with Gasteiger partial charge >= 0.3 is 5.97 Å². The van der Waals surface area contributed by atoms with E-state index in [1.54, 1.807) is 6.07 Å². The highest BCUT2D eigenvalue weighted by molar-refractivity contribution is 6.36. The molecule has 38 heavy (non-hydrogen) atoms. The van der Waals surface area contributed by atoms with E-state index in [1.165, 1.54) is 17.0 Å². The van der Waals surface area contributed by atoms with Gasteiger partial charge in [0.1, 0.15) is 17.4 Å². The second-order valence-electron chi connectivity index (χ2n) is 8.95. The van der Waals surface area contributed by atoms with Crippen molar-refractivity contribution in [2.24, 2.45) is 0 Å². The number of hydrogen-bond donors (Lipinski definition) is 1. The lowest BCUT2D eigenvalue weighted by molar-refractivity contribution is -0.142. The summed E-state index contributed by atoms with van der Waals surface area (Å²) < 4.78 is 5.96. The Balaban J connectivity index is 1.47. The summed E-state index contributed by atoms with van der Waals surface area (Å²) in [5, 5.41) is 11.8. The molecule has 1 N–H and O–H groups in total. The number of carboxylic acids is 1. The van der Waals surface area contributed by atoms with E-state index in [-0.39, 0.29) is 23.6 Å². The summed E-state index contributed by atoms with van der Waals surface area (Å²) in [6, 6.07) is 30.0. The number of carbonyl (C=O) groups is 2. The van der Waals surface area contributed by atoms with Crippen LogP contribution in [0.5, 0.6) is 0 Å². The molecule has 5 nitrogen and oxygen atoms in total. The SMILES string of the molecule is O=C(O)C(Cc1ccccc1)N(Cc1ccc(-c2cc3ccccc3o2)cc1)C(=O)c1ccc(Cl)cc1Cl. The number of fused-ring (bicyclic) bond motifs is 1. The number of carbonyl (C=O) groups excluding carboxylic acids is 1. The third-order valence-corrected chi connectivity index (χ3v) is 6.92. The topological polar surface area (TPSA) is 70.8 Å². The molecule has 1 aromatic heterocycles. The average Bonchev–Trinajstić information content (AvgIpc) is 3.35. The maximum Gasteiger partial charge on any atom is 0.326 e. The minimum Gasteiger partial charge on any atom is -0.480 e. The molecule has 190 valence electrons. The second-order valence-corrected chi connectivity index (χ2v) is 9.79. The van der Waals surface area contributed by atoms with Gasteiger partial charge in [0.05, 0.1) is 10.6 Å². The Hall–Kier alpha value is -4.06. The molecule has 1 atom stereocenters. The van der Waals surface area contributed by atoms with Gasteiger partial charge in [-0.3, -0.25) is 4.79 Å². The number of para-hydroxylation sites is 1. The molecule has 0 fully saturated rings. The number of carboxylic acid groups (broad SMARTS) is 1. The summed E-state index contributed by atoms with van der Waals surface area (Å²) in [5.74, 6) is -0.867. The van der Waals surface area contributed by atoms with Crippen LogP contribution in [0, 0.1) is 0 Å². The van der Waals surface area contributed by atoms with E-state index in [0.717, 1.165) is 33.4 Å². The van der Waals surface area contributed by atoms with E-state index < -0.39 is 17.9 Å². The quantitative estimate of drug-likeness (QED) is 0.217. The Bertz CT molecular complexity index is 1560. The van der Waals surface area contributed by atoms with Gasteiger partial charge in [-0.2, -0.15) is 0 Å². The number of rotatable bonds is 8. The van der Waals surface area contributed by atoms with Crippen LogP contribution in [-0.2, 0) is 17.8 Å². The second kappa shape index (κ2) is 11.1. The predicted octanol–water partition coefficient (Wildman–Crippen LogP) is 7.74. The fraction of sp³-hybridized carbons (Fsp3) is 0.0968. The Morgan fingerprint density at radius 3 is 2.21 bits per heavy atom. The van der Waals surface area contributed by atoms with Crippen LogP contribution in [0.25, 0.3) is 22.3 Å². The highest BCUT2D eigenvalue weighted by Gasteiger charge is 2.32. The van der Waals surface area contributed by atoms with E-state index in [1.807, 2.05) is 84.9 Å². The molecule has 0 spiro atoms. The van der Waals surface area contributed by atoms with Gasteiger partial charge in [-0.25, -0.2) is 4.79 Å². The van der Waals surface area contributed by atoms with Gasteiger partial charge in [0.2, 0.25) is 0 Å². The zero-order valence-electron chi connectivity index (χ0n) is 20.2. The first kappa shape index (κ1) is 25.6. The van der Waals surface area contributed by atoms with Crippen LogP contribution in [0.2, 0.25) is 10.0 Å². The van der Waals surface area contributed by atoms with Crippen molar-refractivity contribution in [3.8, 4) is 11.3 Å². The number of amides is 1. The summed E-state index contributed by atoms with van der Waals surface area (Å²) >= 11 is 12.4. The fourth-order valence-corrected chi connectivity index (χ4v) is 4.89. The van der Waals surface area contributed by atoms with E-state index in [9.17, 15) is 14.7 Å². The molecule has 4 aromatic carbocycles. The average molecular weight is 544 g/mol. The molecule has 1 unspecified atom stereocenters. The largest absolute Gasteiger partial charge is 0.480 e. The van der Waals surface area contributed by atoms with Gasteiger partial charge in [-0.05, 0) is 41.5 Å². The molecule has 5 rings (SSSR count). The molecule has 0 aliphatic rings. The Kier molecular flexibility index (Phi) is 7.50. The van der Waals surface area contributed by atoms with Crippen molar-refractivity contribution < 1.29 is 19.1 Å². The zero-order chi connectivity index (χ0) is 26.6. The predicted molar refractivity (Wildman–Crippen MR) is 150 cm³/mol. The van der Waals surface area contributed by atoms with Crippen molar-refractivity contribution in [2.45, 2.75) is 19.0 Å². The third-order valence-electron chi connectivity index (χ3n) is 6.37. The lowest BCUT2D eigenvalue weighted by Crippen LogP contribution is -2.46. The van der Waals surface area contributed by atoms with Crippen LogP contribution < -0.4 is 0 Å². The molecule has 1 amide bonds. The van der Waals surface area contributed by atoms with E-state index >= 15 is 0 Å². The number of halogens is 2. The Morgan fingerprint density at radius 2 is 1.53 bits per heavy atom. The standard InChI is InChI=1S/C31H23Cl2NO4/c32-24-14-15-25(26(33)18-24)30(35)34(27(31(36)37)16-20-6-2-1-3-7-20)19-21-10-12-22(13-11-21)29-17-23-8-4-5-9-28(23)38-29/h1-15,17-18,27H,16,19H2,(H,36,37). The van der Waals surface area contributed by atoms with Crippen LogP contribution in [-0.4, -0.2) is 27.9 Å². The lowest BCUT2D eigenvalue weighted by atomic mass is 10.0. The molecule has 0 radical (unpaired) electrons. The molecular formula is C31H23Cl2NO4. The fourth-order valence-electron chi connectivity index (χ4n) is 4.40. The van der Waals surface area contributed by atoms with Gasteiger partial charge < -0.3 is 14.4 Å². The van der Waals surface area contributed by atoms with Gasteiger partial charge in [-0.15, -0.1) is 0 Å². The first-order valence-corrected chi connectivity index (χ1v) is 12.8. The van der Waals surface area contributed by atoms with Crippen LogP contribution in [0.1, 0.15) is 21.5 Å². The monoisotopic (exact) mass is 543 g/mol. The third kappa shape index (κ3) is 5.59. The van der Waals surface area contributed by atoms with Crippen molar-refractivity contribution in [3.63, 3.8) is 0 Å². The highest BCUT2D eigenvalue weighted by Crippen LogP contribution is 2.29. The number of furan rings is 1. The molecule has 0 saturated heterocycles. The Labute approximate surface area is 229 Å². The number of nitrogens with zero attached hydrogens (tertiary/aromatic N) is 1. The first-order valence-electron chi connectivity index (χ1n) is 12.0. The van der Waals surface area contributed by atoms with E-state index in [4.69, 9.17) is 27.6 Å². The number of benzene rings is 4. The molecule has 0 bridgehead atoms. The molecule has 1 heterocycles. The van der Waals surface area contributed by atoms with Gasteiger partial charge in [0, 0.05) is 28.9 Å². The summed E-state index contributed by atoms with van der Waals surface area (Å²) in [6.07, 6.45) is 0.143. The minimum atomic E-state index is -1.12. The van der Waals surface area contributed by atoms with E-state index in [2.05, 4.69) is 0 Å². The maximum absolute atomic E-state index is 13.7. The summed E-state index contributed by atoms with van der Waals surface area (Å²) in [7, 11) is 0. The van der Waals surface area contributed by atoms with Crippen molar-refractivity contribution in [1.29, 1.82) is 0 Å². The van der Waals surface area contributed by atoms with Crippen LogP contribution in [0.4, 0.5) is 0 Å². The highest BCUT2D eigenvalue weighted by atomic mass is 35.5. The molecular weight excluding hydrogens is 521 g/mol. The number of aliphatic carboxylic acids is 1. The van der Waals surface area contributed by atoms with Gasteiger partial charge in [0.25, 0.3) is 5.91 Å². The van der Waals surface area contributed by atoms with Crippen molar-refractivity contribution in [1.82, 2.24) is 4.90 Å². The zero-order valence-corrected chi connectivity index (χ0v) is 21.7. The maximum atomic E-state index is 13.7. The smallest absolute Gasteiger partial charge is 0.326 e. The molecule has 7 heteroatoms. The van der Waals surface area contributed by atoms with Gasteiger partial charge in [0.15, 0.2) is 0 Å². The van der Waals surface area contributed by atoms with Crippen LogP contribution >= 0.6 is 23.2 Å². The van der Waals surface area contributed by atoms with Crippen molar-refractivity contribution >= 4 is 46.0 Å². The van der Waals surface area contributed by atoms with Crippen molar-refractivity contribution in [3.05, 3.63) is 130 Å².